The van der Waals surface area contributed by atoms with Gasteiger partial charge in [-0.25, -0.2) is 0 Å². The van der Waals surface area contributed by atoms with E-state index in [4.69, 9.17) is 5.11 Å². The van der Waals surface area contributed by atoms with E-state index in [2.05, 4.69) is 10.6 Å². The average molecular weight is 228 g/mol. The SMILES string of the molecule is C[C@H](NCCCNC1CCCCC1)C(=O)O. The van der Waals surface area contributed by atoms with Crippen LogP contribution in [0.3, 0.4) is 0 Å². The summed E-state index contributed by atoms with van der Waals surface area (Å²) in [5, 5.41) is 15.2. The molecule has 1 aliphatic rings. The van der Waals surface area contributed by atoms with Crippen molar-refractivity contribution in [3.63, 3.8) is 0 Å². The van der Waals surface area contributed by atoms with E-state index in [9.17, 15) is 4.79 Å². The molecule has 0 heterocycles. The number of aliphatic carboxylic acids is 1. The minimum Gasteiger partial charge on any atom is -0.480 e. The van der Waals surface area contributed by atoms with Crippen LogP contribution >= 0.6 is 0 Å². The lowest BCUT2D eigenvalue weighted by Gasteiger charge is -2.22. The Morgan fingerprint density at radius 1 is 1.31 bits per heavy atom. The molecule has 0 amide bonds. The highest BCUT2D eigenvalue weighted by Crippen LogP contribution is 2.16. The predicted octanol–water partition coefficient (Wildman–Crippen LogP) is 1.36. The minimum atomic E-state index is -0.778. The molecule has 1 aliphatic carbocycles. The van der Waals surface area contributed by atoms with E-state index in [1.54, 1.807) is 6.92 Å². The maximum Gasteiger partial charge on any atom is 0.320 e. The highest BCUT2D eigenvalue weighted by atomic mass is 16.4. The Balaban J connectivity index is 1.93. The van der Waals surface area contributed by atoms with Crippen LogP contribution in [0.2, 0.25) is 0 Å². The largest absolute Gasteiger partial charge is 0.480 e. The van der Waals surface area contributed by atoms with E-state index >= 15 is 0 Å². The van der Waals surface area contributed by atoms with Crippen molar-refractivity contribution in [1.29, 1.82) is 0 Å². The monoisotopic (exact) mass is 228 g/mol. The van der Waals surface area contributed by atoms with Gasteiger partial charge in [0.25, 0.3) is 0 Å². The van der Waals surface area contributed by atoms with Crippen molar-refractivity contribution < 1.29 is 9.90 Å². The molecule has 0 aromatic carbocycles. The fraction of sp³-hybridized carbons (Fsp3) is 0.917. The molecule has 1 saturated carbocycles. The van der Waals surface area contributed by atoms with Crippen LogP contribution in [-0.4, -0.2) is 36.2 Å². The van der Waals surface area contributed by atoms with Crippen molar-refractivity contribution in [1.82, 2.24) is 10.6 Å². The Morgan fingerprint density at radius 2 is 2.00 bits per heavy atom. The summed E-state index contributed by atoms with van der Waals surface area (Å²) in [6.45, 7) is 3.44. The number of hydrogen-bond donors (Lipinski definition) is 3. The molecule has 1 fully saturated rings. The minimum absolute atomic E-state index is 0.435. The predicted molar refractivity (Wildman–Crippen MR) is 64.6 cm³/mol. The zero-order chi connectivity index (χ0) is 11.8. The van der Waals surface area contributed by atoms with Crippen LogP contribution < -0.4 is 10.6 Å². The van der Waals surface area contributed by atoms with Gasteiger partial charge in [-0.3, -0.25) is 4.79 Å². The Hall–Kier alpha value is -0.610. The third-order valence-corrected chi connectivity index (χ3v) is 3.21. The second-order valence-electron chi connectivity index (χ2n) is 4.66. The van der Waals surface area contributed by atoms with Gasteiger partial charge < -0.3 is 15.7 Å². The molecule has 0 saturated heterocycles. The van der Waals surface area contributed by atoms with E-state index in [0.29, 0.717) is 6.04 Å². The maximum absolute atomic E-state index is 10.5. The van der Waals surface area contributed by atoms with Gasteiger partial charge in [0.1, 0.15) is 6.04 Å². The quantitative estimate of drug-likeness (QED) is 0.576. The molecule has 4 heteroatoms. The van der Waals surface area contributed by atoms with Crippen molar-refractivity contribution in [3.8, 4) is 0 Å². The number of carbonyl (C=O) groups is 1. The fourth-order valence-corrected chi connectivity index (χ4v) is 2.11. The maximum atomic E-state index is 10.5. The summed E-state index contributed by atoms with van der Waals surface area (Å²) < 4.78 is 0. The van der Waals surface area contributed by atoms with Crippen LogP contribution in [0.5, 0.6) is 0 Å². The van der Waals surface area contributed by atoms with E-state index < -0.39 is 12.0 Å². The molecule has 1 atom stereocenters. The van der Waals surface area contributed by atoms with Gasteiger partial charge in [0.05, 0.1) is 0 Å². The van der Waals surface area contributed by atoms with Gasteiger partial charge in [-0.05, 0) is 39.3 Å². The Labute approximate surface area is 97.8 Å². The highest BCUT2D eigenvalue weighted by Gasteiger charge is 2.12. The van der Waals surface area contributed by atoms with Gasteiger partial charge in [0.2, 0.25) is 0 Å². The number of carboxylic acid groups (broad SMARTS) is 1. The van der Waals surface area contributed by atoms with E-state index in [1.807, 2.05) is 0 Å². The van der Waals surface area contributed by atoms with Crippen molar-refractivity contribution in [2.45, 2.75) is 57.5 Å². The number of carboxylic acids is 1. The topological polar surface area (TPSA) is 61.4 Å². The van der Waals surface area contributed by atoms with Crippen LogP contribution in [0.4, 0.5) is 0 Å². The van der Waals surface area contributed by atoms with Crippen molar-refractivity contribution in [2.75, 3.05) is 13.1 Å². The molecule has 94 valence electrons. The number of hydrogen-bond acceptors (Lipinski definition) is 3. The molecule has 0 bridgehead atoms. The van der Waals surface area contributed by atoms with Crippen LogP contribution in [0.15, 0.2) is 0 Å². The molecule has 0 aromatic heterocycles. The number of rotatable bonds is 7. The van der Waals surface area contributed by atoms with E-state index in [-0.39, 0.29) is 0 Å². The normalized spacial score (nSPS) is 19.6. The second kappa shape index (κ2) is 7.63. The van der Waals surface area contributed by atoms with Gasteiger partial charge in [-0.2, -0.15) is 0 Å². The van der Waals surface area contributed by atoms with E-state index in [0.717, 1.165) is 19.5 Å². The summed E-state index contributed by atoms with van der Waals surface area (Å²) in [5.41, 5.74) is 0. The molecule has 0 aliphatic heterocycles. The lowest BCUT2D eigenvalue weighted by molar-refractivity contribution is -0.138. The highest BCUT2D eigenvalue weighted by molar-refractivity contribution is 5.72. The summed E-state index contributed by atoms with van der Waals surface area (Å²) in [6.07, 6.45) is 7.69. The zero-order valence-electron chi connectivity index (χ0n) is 10.2. The van der Waals surface area contributed by atoms with Gasteiger partial charge in [0, 0.05) is 6.04 Å². The standard InChI is InChI=1S/C12H24N2O2/c1-10(12(15)16)13-8-5-9-14-11-6-3-2-4-7-11/h10-11,13-14H,2-9H2,1H3,(H,15,16)/t10-/m0/s1. The Bertz CT molecular complexity index is 203. The molecular formula is C12H24N2O2. The summed E-state index contributed by atoms with van der Waals surface area (Å²) in [4.78, 5) is 10.5. The van der Waals surface area contributed by atoms with Gasteiger partial charge in [-0.1, -0.05) is 19.3 Å². The third kappa shape index (κ3) is 5.47. The molecule has 4 nitrogen and oxygen atoms in total. The van der Waals surface area contributed by atoms with Crippen LogP contribution in [-0.2, 0) is 4.79 Å². The lowest BCUT2D eigenvalue weighted by Crippen LogP contribution is -2.37. The van der Waals surface area contributed by atoms with Crippen LogP contribution in [0.1, 0.15) is 45.4 Å². The molecule has 16 heavy (non-hydrogen) atoms. The first-order valence-corrected chi connectivity index (χ1v) is 6.39. The molecule has 0 radical (unpaired) electrons. The first kappa shape index (κ1) is 13.5. The molecular weight excluding hydrogens is 204 g/mol. The van der Waals surface area contributed by atoms with Gasteiger partial charge in [-0.15, -0.1) is 0 Å². The average Bonchev–Trinajstić information content (AvgIpc) is 2.29. The Kier molecular flexibility index (Phi) is 6.42. The van der Waals surface area contributed by atoms with Gasteiger partial charge in [0.15, 0.2) is 0 Å². The summed E-state index contributed by atoms with van der Waals surface area (Å²) in [5.74, 6) is -0.778. The van der Waals surface area contributed by atoms with Crippen molar-refractivity contribution in [2.24, 2.45) is 0 Å². The van der Waals surface area contributed by atoms with Gasteiger partial charge >= 0.3 is 5.97 Å². The Morgan fingerprint density at radius 3 is 2.62 bits per heavy atom. The molecule has 3 N–H and O–H groups in total. The smallest absolute Gasteiger partial charge is 0.320 e. The third-order valence-electron chi connectivity index (χ3n) is 3.21. The lowest BCUT2D eigenvalue weighted by atomic mass is 9.95. The first-order chi connectivity index (χ1) is 7.70. The molecule has 0 unspecified atom stereocenters. The summed E-state index contributed by atoms with van der Waals surface area (Å²) >= 11 is 0. The summed E-state index contributed by atoms with van der Waals surface area (Å²) in [6, 6.07) is 0.264. The zero-order valence-corrected chi connectivity index (χ0v) is 10.2. The first-order valence-electron chi connectivity index (χ1n) is 6.39. The molecule has 0 spiro atoms. The fourth-order valence-electron chi connectivity index (χ4n) is 2.11. The van der Waals surface area contributed by atoms with Crippen LogP contribution in [0.25, 0.3) is 0 Å². The number of nitrogens with one attached hydrogen (secondary N) is 2. The van der Waals surface area contributed by atoms with E-state index in [1.165, 1.54) is 32.1 Å². The summed E-state index contributed by atoms with van der Waals surface area (Å²) in [7, 11) is 0. The van der Waals surface area contributed by atoms with Crippen LogP contribution in [0, 0.1) is 0 Å². The van der Waals surface area contributed by atoms with Crippen molar-refractivity contribution >= 4 is 5.97 Å². The molecule has 0 aromatic rings. The van der Waals surface area contributed by atoms with Crippen molar-refractivity contribution in [3.05, 3.63) is 0 Å². The molecule has 1 rings (SSSR count). The second-order valence-corrected chi connectivity index (χ2v) is 4.66.